The van der Waals surface area contributed by atoms with E-state index in [1.165, 1.54) is 5.56 Å². The number of carboxylic acid groups (broad SMARTS) is 1. The number of thioether (sulfide) groups is 1. The third-order valence-corrected chi connectivity index (χ3v) is 4.22. The fourth-order valence-electron chi connectivity index (χ4n) is 1.84. The van der Waals surface area contributed by atoms with Crippen LogP contribution in [-0.4, -0.2) is 11.1 Å². The van der Waals surface area contributed by atoms with Crippen molar-refractivity contribution >= 4 is 17.7 Å². The van der Waals surface area contributed by atoms with Crippen molar-refractivity contribution in [1.29, 1.82) is 0 Å². The van der Waals surface area contributed by atoms with Crippen LogP contribution in [0.25, 0.3) is 0 Å². The average Bonchev–Trinajstić information content (AvgIpc) is 2.46. The predicted octanol–water partition coefficient (Wildman–Crippen LogP) is 4.38. The predicted molar refractivity (Wildman–Crippen MR) is 79.6 cm³/mol. The molecule has 0 fully saturated rings. The van der Waals surface area contributed by atoms with Crippen molar-refractivity contribution in [1.82, 2.24) is 0 Å². The highest BCUT2D eigenvalue weighted by Gasteiger charge is 2.07. The molecule has 0 saturated heterocycles. The van der Waals surface area contributed by atoms with E-state index in [2.05, 4.69) is 19.1 Å². The van der Waals surface area contributed by atoms with E-state index < -0.39 is 5.97 Å². The van der Waals surface area contributed by atoms with Gasteiger partial charge in [-0.25, -0.2) is 4.79 Å². The van der Waals surface area contributed by atoms with Crippen molar-refractivity contribution in [3.05, 3.63) is 71.3 Å². The van der Waals surface area contributed by atoms with Crippen LogP contribution in [0.3, 0.4) is 0 Å². The van der Waals surface area contributed by atoms with Gasteiger partial charge in [0.25, 0.3) is 0 Å². The quantitative estimate of drug-likeness (QED) is 0.877. The maximum absolute atomic E-state index is 10.9. The summed E-state index contributed by atoms with van der Waals surface area (Å²) >= 11 is 1.81. The highest BCUT2D eigenvalue weighted by Crippen LogP contribution is 2.30. The number of carboxylic acids is 1. The summed E-state index contributed by atoms with van der Waals surface area (Å²) in [5.74, 6) is -0.0556. The fraction of sp³-hybridized carbons (Fsp3) is 0.188. The first-order chi connectivity index (χ1) is 9.16. The largest absolute Gasteiger partial charge is 0.478 e. The van der Waals surface area contributed by atoms with E-state index in [1.807, 2.05) is 36.0 Å². The summed E-state index contributed by atoms with van der Waals surface area (Å²) in [6.45, 7) is 2.17. The minimum Gasteiger partial charge on any atom is -0.478 e. The normalized spacial score (nSPS) is 12.1. The topological polar surface area (TPSA) is 37.3 Å². The summed E-state index contributed by atoms with van der Waals surface area (Å²) in [6.07, 6.45) is 0. The molecule has 0 bridgehead atoms. The SMILES string of the molecule is CC(SCc1cccc(C(=O)O)c1)c1ccccc1. The molecular weight excluding hydrogens is 256 g/mol. The van der Waals surface area contributed by atoms with Crippen molar-refractivity contribution in [2.75, 3.05) is 0 Å². The molecular formula is C16H16O2S. The number of benzene rings is 2. The lowest BCUT2D eigenvalue weighted by Crippen LogP contribution is -1.97. The third kappa shape index (κ3) is 3.86. The van der Waals surface area contributed by atoms with Crippen LogP contribution in [0.1, 0.15) is 33.7 Å². The molecule has 2 aromatic carbocycles. The van der Waals surface area contributed by atoms with Crippen LogP contribution in [0.5, 0.6) is 0 Å². The zero-order valence-corrected chi connectivity index (χ0v) is 11.6. The molecule has 2 rings (SSSR count). The molecule has 0 aliphatic rings. The molecule has 0 aromatic heterocycles. The number of aromatic carboxylic acids is 1. The van der Waals surface area contributed by atoms with Gasteiger partial charge in [-0.15, -0.1) is 11.8 Å². The molecule has 1 unspecified atom stereocenters. The Morgan fingerprint density at radius 1 is 1.16 bits per heavy atom. The van der Waals surface area contributed by atoms with Gasteiger partial charge >= 0.3 is 5.97 Å². The molecule has 19 heavy (non-hydrogen) atoms. The van der Waals surface area contributed by atoms with Gasteiger partial charge in [0.15, 0.2) is 0 Å². The Balaban J connectivity index is 1.99. The molecule has 0 saturated carbocycles. The highest BCUT2D eigenvalue weighted by atomic mass is 32.2. The van der Waals surface area contributed by atoms with Crippen LogP contribution in [0.4, 0.5) is 0 Å². The number of rotatable bonds is 5. The molecule has 98 valence electrons. The van der Waals surface area contributed by atoms with Gasteiger partial charge in [0.1, 0.15) is 0 Å². The van der Waals surface area contributed by atoms with Crippen LogP contribution in [0.2, 0.25) is 0 Å². The summed E-state index contributed by atoms with van der Waals surface area (Å²) in [7, 11) is 0. The maximum Gasteiger partial charge on any atom is 0.335 e. The average molecular weight is 272 g/mol. The highest BCUT2D eigenvalue weighted by molar-refractivity contribution is 7.98. The molecule has 0 heterocycles. The Hall–Kier alpha value is -1.74. The summed E-state index contributed by atoms with van der Waals surface area (Å²) < 4.78 is 0. The second-order valence-corrected chi connectivity index (χ2v) is 5.70. The molecule has 2 nitrogen and oxygen atoms in total. The summed E-state index contributed by atoms with van der Waals surface area (Å²) in [6, 6.07) is 17.5. The Labute approximate surface area is 117 Å². The summed E-state index contributed by atoms with van der Waals surface area (Å²) in [4.78, 5) is 10.9. The summed E-state index contributed by atoms with van der Waals surface area (Å²) in [5, 5.41) is 9.36. The Morgan fingerprint density at radius 3 is 2.58 bits per heavy atom. The molecule has 1 atom stereocenters. The lowest BCUT2D eigenvalue weighted by atomic mass is 10.1. The molecule has 0 amide bonds. The van der Waals surface area contributed by atoms with Crippen LogP contribution in [0, 0.1) is 0 Å². The van der Waals surface area contributed by atoms with Gasteiger partial charge in [-0.3, -0.25) is 0 Å². The second kappa shape index (κ2) is 6.43. The molecule has 1 N–H and O–H groups in total. The van der Waals surface area contributed by atoms with Gasteiger partial charge in [-0.05, 0) is 30.2 Å². The van der Waals surface area contributed by atoms with E-state index in [0.717, 1.165) is 11.3 Å². The monoisotopic (exact) mass is 272 g/mol. The first-order valence-electron chi connectivity index (χ1n) is 6.15. The Kier molecular flexibility index (Phi) is 4.63. The first-order valence-corrected chi connectivity index (χ1v) is 7.20. The van der Waals surface area contributed by atoms with Crippen LogP contribution >= 0.6 is 11.8 Å². The maximum atomic E-state index is 10.9. The van der Waals surface area contributed by atoms with Gasteiger partial charge in [-0.1, -0.05) is 42.5 Å². The van der Waals surface area contributed by atoms with E-state index in [0.29, 0.717) is 10.8 Å². The van der Waals surface area contributed by atoms with E-state index in [-0.39, 0.29) is 0 Å². The van der Waals surface area contributed by atoms with E-state index in [1.54, 1.807) is 18.2 Å². The van der Waals surface area contributed by atoms with Crippen molar-refractivity contribution in [2.24, 2.45) is 0 Å². The van der Waals surface area contributed by atoms with E-state index in [9.17, 15) is 4.79 Å². The van der Waals surface area contributed by atoms with Gasteiger partial charge in [0.2, 0.25) is 0 Å². The van der Waals surface area contributed by atoms with Gasteiger partial charge in [-0.2, -0.15) is 0 Å². The zero-order chi connectivity index (χ0) is 13.7. The molecule has 0 aliphatic carbocycles. The molecule has 0 spiro atoms. The molecule has 0 radical (unpaired) electrons. The smallest absolute Gasteiger partial charge is 0.335 e. The standard InChI is InChI=1S/C16H16O2S/c1-12(14-7-3-2-4-8-14)19-11-13-6-5-9-15(10-13)16(17)18/h2-10,12H,11H2,1H3,(H,17,18). The number of hydrogen-bond donors (Lipinski definition) is 1. The van der Waals surface area contributed by atoms with Crippen LogP contribution in [0.15, 0.2) is 54.6 Å². The van der Waals surface area contributed by atoms with Crippen molar-refractivity contribution in [3.8, 4) is 0 Å². The third-order valence-electron chi connectivity index (χ3n) is 2.94. The van der Waals surface area contributed by atoms with Gasteiger partial charge in [0.05, 0.1) is 5.56 Å². The Morgan fingerprint density at radius 2 is 1.89 bits per heavy atom. The van der Waals surface area contributed by atoms with Gasteiger partial charge < -0.3 is 5.11 Å². The van der Waals surface area contributed by atoms with Crippen molar-refractivity contribution in [2.45, 2.75) is 17.9 Å². The van der Waals surface area contributed by atoms with Crippen LogP contribution < -0.4 is 0 Å². The first kappa shape index (κ1) is 13.7. The number of hydrogen-bond acceptors (Lipinski definition) is 2. The summed E-state index contributed by atoms with van der Waals surface area (Å²) in [5.41, 5.74) is 2.69. The van der Waals surface area contributed by atoms with Gasteiger partial charge in [0, 0.05) is 11.0 Å². The lowest BCUT2D eigenvalue weighted by Gasteiger charge is -2.11. The molecule has 3 heteroatoms. The number of carbonyl (C=O) groups is 1. The second-order valence-electron chi connectivity index (χ2n) is 4.37. The van der Waals surface area contributed by atoms with Crippen molar-refractivity contribution in [3.63, 3.8) is 0 Å². The van der Waals surface area contributed by atoms with E-state index >= 15 is 0 Å². The fourth-order valence-corrected chi connectivity index (χ4v) is 2.81. The Bertz CT molecular complexity index is 552. The van der Waals surface area contributed by atoms with Crippen molar-refractivity contribution < 1.29 is 9.90 Å². The minimum atomic E-state index is -0.872. The van der Waals surface area contributed by atoms with Crippen LogP contribution in [-0.2, 0) is 5.75 Å². The zero-order valence-electron chi connectivity index (χ0n) is 10.7. The van der Waals surface area contributed by atoms with E-state index in [4.69, 9.17) is 5.11 Å². The minimum absolute atomic E-state index is 0.352. The molecule has 2 aromatic rings. The molecule has 0 aliphatic heterocycles. The lowest BCUT2D eigenvalue weighted by molar-refractivity contribution is 0.0697.